The lowest BCUT2D eigenvalue weighted by Gasteiger charge is -2.09. The summed E-state index contributed by atoms with van der Waals surface area (Å²) in [4.78, 5) is 17.4. The number of rotatable bonds is 6. The lowest BCUT2D eigenvalue weighted by Crippen LogP contribution is -2.23. The van der Waals surface area contributed by atoms with E-state index < -0.39 is 0 Å². The van der Waals surface area contributed by atoms with E-state index in [0.29, 0.717) is 28.8 Å². The summed E-state index contributed by atoms with van der Waals surface area (Å²) in [7, 11) is 3.06. The quantitative estimate of drug-likeness (QED) is 0.739. The van der Waals surface area contributed by atoms with Gasteiger partial charge in [-0.25, -0.2) is 0 Å². The minimum atomic E-state index is -0.265. The molecule has 8 heteroatoms. The molecule has 2 heterocycles. The number of nitrogens with zero attached hydrogens (tertiary/aromatic N) is 2. The van der Waals surface area contributed by atoms with Gasteiger partial charge >= 0.3 is 0 Å². The molecule has 2 aromatic heterocycles. The molecule has 0 saturated heterocycles. The zero-order valence-electron chi connectivity index (χ0n) is 13.1. The maximum atomic E-state index is 12.2. The number of benzene rings is 1. The van der Waals surface area contributed by atoms with Gasteiger partial charge in [0.05, 0.1) is 25.6 Å². The molecular formula is C16H15N3O4S. The molecule has 1 amide bonds. The van der Waals surface area contributed by atoms with Crippen LogP contribution in [0.1, 0.15) is 16.2 Å². The van der Waals surface area contributed by atoms with Crippen molar-refractivity contribution < 1.29 is 18.8 Å². The highest BCUT2D eigenvalue weighted by Gasteiger charge is 2.13. The maximum Gasteiger partial charge on any atom is 0.268 e. The molecule has 0 saturated carbocycles. The van der Waals surface area contributed by atoms with E-state index in [1.54, 1.807) is 25.3 Å². The van der Waals surface area contributed by atoms with E-state index in [9.17, 15) is 4.79 Å². The van der Waals surface area contributed by atoms with E-state index in [0.717, 1.165) is 4.88 Å². The molecule has 0 radical (unpaired) electrons. The highest BCUT2D eigenvalue weighted by molar-refractivity contribution is 7.13. The molecule has 0 aliphatic heterocycles. The van der Waals surface area contributed by atoms with Crippen LogP contribution in [0.25, 0.3) is 10.8 Å². The normalized spacial score (nSPS) is 10.4. The molecule has 0 bridgehead atoms. The molecule has 24 heavy (non-hydrogen) atoms. The van der Waals surface area contributed by atoms with Crippen molar-refractivity contribution in [1.82, 2.24) is 15.5 Å². The third-order valence-corrected chi connectivity index (χ3v) is 4.11. The fourth-order valence-electron chi connectivity index (χ4n) is 2.06. The molecule has 3 aromatic rings. The Balaban J connectivity index is 1.65. The van der Waals surface area contributed by atoms with Crippen molar-refractivity contribution in [3.8, 4) is 22.3 Å². The smallest absolute Gasteiger partial charge is 0.268 e. The highest BCUT2D eigenvalue weighted by Crippen LogP contribution is 2.27. The van der Waals surface area contributed by atoms with Crippen molar-refractivity contribution >= 4 is 17.2 Å². The van der Waals surface area contributed by atoms with Gasteiger partial charge in [0.25, 0.3) is 11.8 Å². The van der Waals surface area contributed by atoms with E-state index in [2.05, 4.69) is 15.5 Å². The predicted molar refractivity (Wildman–Crippen MR) is 88.3 cm³/mol. The molecular weight excluding hydrogens is 330 g/mol. The summed E-state index contributed by atoms with van der Waals surface area (Å²) >= 11 is 1.51. The summed E-state index contributed by atoms with van der Waals surface area (Å²) in [6, 6.07) is 8.75. The van der Waals surface area contributed by atoms with Crippen LogP contribution >= 0.6 is 11.3 Å². The van der Waals surface area contributed by atoms with Crippen LogP contribution in [0.15, 0.2) is 40.2 Å². The minimum Gasteiger partial charge on any atom is -0.493 e. The lowest BCUT2D eigenvalue weighted by atomic mass is 10.2. The average Bonchev–Trinajstić information content (AvgIpc) is 3.30. The first kappa shape index (κ1) is 16.0. The first-order chi connectivity index (χ1) is 11.7. The molecule has 0 fully saturated rings. The van der Waals surface area contributed by atoms with Crippen molar-refractivity contribution in [2.24, 2.45) is 0 Å². The number of ether oxygens (including phenoxy) is 2. The van der Waals surface area contributed by atoms with Crippen LogP contribution in [0.4, 0.5) is 0 Å². The maximum absolute atomic E-state index is 12.2. The number of methoxy groups -OCH3 is 2. The first-order valence-corrected chi connectivity index (χ1v) is 7.96. The van der Waals surface area contributed by atoms with Gasteiger partial charge in [0.15, 0.2) is 17.3 Å². The molecule has 0 aliphatic carbocycles. The second-order valence-corrected chi connectivity index (χ2v) is 5.69. The molecule has 0 aliphatic rings. The van der Waals surface area contributed by atoms with E-state index in [1.807, 2.05) is 17.5 Å². The Bertz CT molecular complexity index is 830. The van der Waals surface area contributed by atoms with Crippen LogP contribution in [-0.2, 0) is 6.54 Å². The van der Waals surface area contributed by atoms with Crippen LogP contribution in [-0.4, -0.2) is 30.3 Å². The minimum absolute atomic E-state index is 0.169. The second-order valence-electron chi connectivity index (χ2n) is 4.75. The fourth-order valence-corrected chi connectivity index (χ4v) is 2.71. The molecule has 0 atom stereocenters. The Morgan fingerprint density at radius 1 is 1.25 bits per heavy atom. The van der Waals surface area contributed by atoms with Gasteiger partial charge < -0.3 is 19.3 Å². The number of hydrogen-bond acceptors (Lipinski definition) is 7. The van der Waals surface area contributed by atoms with Gasteiger partial charge in [-0.1, -0.05) is 11.2 Å². The second kappa shape index (κ2) is 7.14. The number of nitrogens with one attached hydrogen (secondary N) is 1. The predicted octanol–water partition coefficient (Wildman–Crippen LogP) is 2.75. The Morgan fingerprint density at radius 2 is 2.08 bits per heavy atom. The molecule has 0 unspecified atom stereocenters. The Kier molecular flexibility index (Phi) is 4.76. The van der Waals surface area contributed by atoms with Gasteiger partial charge in [-0.2, -0.15) is 4.98 Å². The number of carbonyl (C=O) groups is 1. The Labute approximate surface area is 142 Å². The molecule has 3 rings (SSSR count). The standard InChI is InChI=1S/C16H15N3O4S/c1-21-11-6-5-10(8-12(11)22-2)15(20)17-9-14-18-16(23-19-14)13-4-3-7-24-13/h3-8H,9H2,1-2H3,(H,17,20). The van der Waals surface area contributed by atoms with Crippen molar-refractivity contribution in [2.75, 3.05) is 14.2 Å². The van der Waals surface area contributed by atoms with Crippen molar-refractivity contribution in [1.29, 1.82) is 0 Å². The van der Waals surface area contributed by atoms with Gasteiger partial charge in [0, 0.05) is 5.56 Å². The van der Waals surface area contributed by atoms with Crippen LogP contribution in [0.3, 0.4) is 0 Å². The molecule has 1 aromatic carbocycles. The first-order valence-electron chi connectivity index (χ1n) is 7.08. The van der Waals surface area contributed by atoms with Crippen LogP contribution in [0.5, 0.6) is 11.5 Å². The van der Waals surface area contributed by atoms with Crippen molar-refractivity contribution in [2.45, 2.75) is 6.54 Å². The van der Waals surface area contributed by atoms with E-state index in [-0.39, 0.29) is 12.5 Å². The van der Waals surface area contributed by atoms with Crippen LogP contribution in [0.2, 0.25) is 0 Å². The van der Waals surface area contributed by atoms with Crippen LogP contribution in [0, 0.1) is 0 Å². The third-order valence-electron chi connectivity index (χ3n) is 3.25. The van der Waals surface area contributed by atoms with Gasteiger partial charge in [-0.3, -0.25) is 4.79 Å². The molecule has 7 nitrogen and oxygen atoms in total. The van der Waals surface area contributed by atoms with Crippen LogP contribution < -0.4 is 14.8 Å². The van der Waals surface area contributed by atoms with Gasteiger partial charge in [-0.15, -0.1) is 11.3 Å². The molecule has 124 valence electrons. The summed E-state index contributed by atoms with van der Waals surface area (Å²) in [5.74, 6) is 1.64. The van der Waals surface area contributed by atoms with Gasteiger partial charge in [0.2, 0.25) is 0 Å². The zero-order chi connectivity index (χ0) is 16.9. The fraction of sp³-hybridized carbons (Fsp3) is 0.188. The van der Waals surface area contributed by atoms with Crippen molar-refractivity contribution in [3.63, 3.8) is 0 Å². The SMILES string of the molecule is COc1ccc(C(=O)NCc2noc(-c3cccs3)n2)cc1OC. The van der Waals surface area contributed by atoms with E-state index >= 15 is 0 Å². The average molecular weight is 345 g/mol. The Hall–Kier alpha value is -2.87. The highest BCUT2D eigenvalue weighted by atomic mass is 32.1. The summed E-state index contributed by atoms with van der Waals surface area (Å²) in [5.41, 5.74) is 0.453. The lowest BCUT2D eigenvalue weighted by molar-refractivity contribution is 0.0949. The summed E-state index contributed by atoms with van der Waals surface area (Å²) in [6.07, 6.45) is 0. The Morgan fingerprint density at radius 3 is 2.79 bits per heavy atom. The topological polar surface area (TPSA) is 86.5 Å². The number of thiophene rings is 1. The summed E-state index contributed by atoms with van der Waals surface area (Å²) in [5, 5.41) is 8.53. The largest absolute Gasteiger partial charge is 0.493 e. The van der Waals surface area contributed by atoms with E-state index in [1.165, 1.54) is 18.4 Å². The summed E-state index contributed by atoms with van der Waals surface area (Å²) < 4.78 is 15.5. The molecule has 0 spiro atoms. The van der Waals surface area contributed by atoms with Gasteiger partial charge in [-0.05, 0) is 29.6 Å². The third kappa shape index (κ3) is 3.38. The number of hydrogen-bond donors (Lipinski definition) is 1. The summed E-state index contributed by atoms with van der Waals surface area (Å²) in [6.45, 7) is 0.169. The van der Waals surface area contributed by atoms with Crippen molar-refractivity contribution in [3.05, 3.63) is 47.1 Å². The number of amides is 1. The monoisotopic (exact) mass is 345 g/mol. The van der Waals surface area contributed by atoms with E-state index in [4.69, 9.17) is 14.0 Å². The van der Waals surface area contributed by atoms with Gasteiger partial charge in [0.1, 0.15) is 0 Å². The molecule has 1 N–H and O–H groups in total. The number of aromatic nitrogens is 2. The zero-order valence-corrected chi connectivity index (χ0v) is 13.9. The number of carbonyl (C=O) groups excluding carboxylic acids is 1.